The van der Waals surface area contributed by atoms with Crippen molar-refractivity contribution in [1.29, 1.82) is 0 Å². The van der Waals surface area contributed by atoms with Crippen molar-refractivity contribution in [3.8, 4) is 0 Å². The minimum atomic E-state index is -0.660. The fraction of sp³-hybridized carbons (Fsp3) is 0.481. The molecule has 1 N–H and O–H groups in total. The highest BCUT2D eigenvalue weighted by Crippen LogP contribution is 2.17. The smallest absolute Gasteiger partial charge is 0.408 e. The van der Waals surface area contributed by atoms with Crippen LogP contribution in [-0.4, -0.2) is 66.7 Å². The minimum absolute atomic E-state index is 0.0433. The number of nitrogens with zero attached hydrogens (tertiary/aromatic N) is 3. The van der Waals surface area contributed by atoms with Gasteiger partial charge in [0.05, 0.1) is 12.2 Å². The van der Waals surface area contributed by atoms with E-state index in [1.165, 1.54) is 6.20 Å². The van der Waals surface area contributed by atoms with E-state index < -0.39 is 18.1 Å². The molecule has 1 aliphatic rings. The number of aromatic nitrogens is 1. The van der Waals surface area contributed by atoms with Crippen molar-refractivity contribution < 1.29 is 23.9 Å². The van der Waals surface area contributed by atoms with Gasteiger partial charge in [-0.3, -0.25) is 4.79 Å². The van der Waals surface area contributed by atoms with Crippen LogP contribution >= 0.6 is 0 Å². The van der Waals surface area contributed by atoms with Gasteiger partial charge in [-0.25, -0.2) is 14.6 Å². The maximum absolute atomic E-state index is 13.5. The van der Waals surface area contributed by atoms with Gasteiger partial charge in [0.2, 0.25) is 5.91 Å². The number of carbonyl (C=O) groups excluding carboxylic acids is 3. The average Bonchev–Trinajstić information content (AvgIpc) is 3.17. The van der Waals surface area contributed by atoms with Crippen LogP contribution in [-0.2, 0) is 20.9 Å². The summed E-state index contributed by atoms with van der Waals surface area (Å²) in [6.07, 6.45) is 2.43. The molecule has 9 heteroatoms. The van der Waals surface area contributed by atoms with Crippen LogP contribution < -0.4 is 10.2 Å². The topological polar surface area (TPSA) is 101 Å². The van der Waals surface area contributed by atoms with Crippen LogP contribution in [0, 0.1) is 5.92 Å². The summed E-state index contributed by atoms with van der Waals surface area (Å²) in [6.45, 7) is 8.61. The predicted molar refractivity (Wildman–Crippen MR) is 137 cm³/mol. The number of amides is 2. The SMILES string of the molecule is CCOC(=O)c1ccc(N2CCCN(C(=O)[C@@H](NC(=O)OCc3ccccc3)[C@@H](C)CC)CC2)nc1. The number of anilines is 1. The number of alkyl carbamates (subject to hydrolysis) is 1. The average molecular weight is 497 g/mol. The van der Waals surface area contributed by atoms with Crippen molar-refractivity contribution in [1.82, 2.24) is 15.2 Å². The molecular weight excluding hydrogens is 460 g/mol. The van der Waals surface area contributed by atoms with Crippen molar-refractivity contribution >= 4 is 23.8 Å². The number of ether oxygens (including phenoxy) is 2. The summed E-state index contributed by atoms with van der Waals surface area (Å²) >= 11 is 0. The van der Waals surface area contributed by atoms with Gasteiger partial charge in [0.1, 0.15) is 18.5 Å². The Morgan fingerprint density at radius 1 is 1.00 bits per heavy atom. The number of pyridine rings is 1. The Balaban J connectivity index is 1.59. The Morgan fingerprint density at radius 3 is 2.44 bits per heavy atom. The fourth-order valence-corrected chi connectivity index (χ4v) is 4.05. The van der Waals surface area contributed by atoms with E-state index in [2.05, 4.69) is 15.2 Å². The first kappa shape index (κ1) is 27.0. The lowest BCUT2D eigenvalue weighted by atomic mass is 9.98. The van der Waals surface area contributed by atoms with E-state index in [1.807, 2.05) is 44.2 Å². The molecule has 0 bridgehead atoms. The van der Waals surface area contributed by atoms with Gasteiger partial charge in [-0.05, 0) is 37.0 Å². The highest BCUT2D eigenvalue weighted by molar-refractivity contribution is 5.89. The molecule has 1 fully saturated rings. The molecule has 0 saturated carbocycles. The first-order chi connectivity index (χ1) is 17.4. The maximum Gasteiger partial charge on any atom is 0.408 e. The summed E-state index contributed by atoms with van der Waals surface area (Å²) in [5, 5.41) is 2.80. The normalized spacial score (nSPS) is 15.4. The third-order valence-electron chi connectivity index (χ3n) is 6.36. The van der Waals surface area contributed by atoms with E-state index in [9.17, 15) is 14.4 Å². The van der Waals surface area contributed by atoms with Crippen molar-refractivity contribution in [3.63, 3.8) is 0 Å². The van der Waals surface area contributed by atoms with Crippen molar-refractivity contribution in [2.45, 2.75) is 46.3 Å². The van der Waals surface area contributed by atoms with Gasteiger partial charge in [0.25, 0.3) is 0 Å². The molecule has 2 amide bonds. The molecule has 1 aliphatic heterocycles. The summed E-state index contributed by atoms with van der Waals surface area (Å²) < 4.78 is 10.4. The van der Waals surface area contributed by atoms with Gasteiger partial charge in [-0.2, -0.15) is 0 Å². The first-order valence-corrected chi connectivity index (χ1v) is 12.6. The molecular formula is C27H36N4O5. The Labute approximate surface area is 212 Å². The zero-order valence-electron chi connectivity index (χ0n) is 21.3. The molecule has 3 rings (SSSR count). The standard InChI is InChI=1S/C27H36N4O5/c1-4-20(3)24(29-27(34)36-19-21-10-7-6-8-11-21)25(32)31-15-9-14-30(16-17-31)23-13-12-22(18-28-23)26(33)35-5-2/h6-8,10-13,18,20,24H,4-5,9,14-17,19H2,1-3H3,(H,29,34)/t20-,24-/m0/s1. The van der Waals surface area contributed by atoms with E-state index >= 15 is 0 Å². The van der Waals surface area contributed by atoms with Gasteiger partial charge in [-0.15, -0.1) is 0 Å². The maximum atomic E-state index is 13.5. The Kier molecular flexibility index (Phi) is 10.1. The molecule has 1 saturated heterocycles. The lowest BCUT2D eigenvalue weighted by Gasteiger charge is -2.30. The second kappa shape index (κ2) is 13.5. The van der Waals surface area contributed by atoms with E-state index in [4.69, 9.17) is 9.47 Å². The van der Waals surface area contributed by atoms with Gasteiger partial charge in [0, 0.05) is 32.4 Å². The molecule has 194 valence electrons. The van der Waals surface area contributed by atoms with Crippen LogP contribution in [0.1, 0.15) is 49.5 Å². The number of carbonyl (C=O) groups is 3. The Bertz CT molecular complexity index is 999. The molecule has 2 atom stereocenters. The van der Waals surface area contributed by atoms with E-state index in [0.717, 1.165) is 30.8 Å². The molecule has 2 aromatic rings. The molecule has 0 radical (unpaired) electrons. The minimum Gasteiger partial charge on any atom is -0.462 e. The van der Waals surface area contributed by atoms with E-state index in [0.29, 0.717) is 31.8 Å². The second-order valence-electron chi connectivity index (χ2n) is 8.86. The van der Waals surface area contributed by atoms with Crippen molar-refractivity contribution in [2.75, 3.05) is 37.7 Å². The highest BCUT2D eigenvalue weighted by atomic mass is 16.5. The van der Waals surface area contributed by atoms with Gasteiger partial charge in [-0.1, -0.05) is 50.6 Å². The van der Waals surface area contributed by atoms with Crippen LogP contribution in [0.3, 0.4) is 0 Å². The third kappa shape index (κ3) is 7.44. The lowest BCUT2D eigenvalue weighted by Crippen LogP contribution is -2.52. The molecule has 1 aromatic heterocycles. The molecule has 36 heavy (non-hydrogen) atoms. The zero-order chi connectivity index (χ0) is 25.9. The highest BCUT2D eigenvalue weighted by Gasteiger charge is 2.31. The molecule has 1 aromatic carbocycles. The predicted octanol–water partition coefficient (Wildman–Crippen LogP) is 3.64. The number of nitrogens with one attached hydrogen (secondary N) is 1. The Hall–Kier alpha value is -3.62. The largest absolute Gasteiger partial charge is 0.462 e. The molecule has 0 spiro atoms. The summed E-state index contributed by atoms with van der Waals surface area (Å²) in [5.74, 6) is 0.209. The molecule has 0 unspecified atom stereocenters. The number of benzene rings is 1. The van der Waals surface area contributed by atoms with Crippen molar-refractivity contribution in [3.05, 3.63) is 59.8 Å². The second-order valence-corrected chi connectivity index (χ2v) is 8.86. The summed E-state index contributed by atoms with van der Waals surface area (Å²) in [7, 11) is 0. The Morgan fingerprint density at radius 2 is 1.78 bits per heavy atom. The van der Waals surface area contributed by atoms with Gasteiger partial charge < -0.3 is 24.6 Å². The van der Waals surface area contributed by atoms with Crippen LogP contribution in [0.25, 0.3) is 0 Å². The quantitative estimate of drug-likeness (QED) is 0.529. The molecule has 2 heterocycles. The summed E-state index contributed by atoms with van der Waals surface area (Å²) in [6, 6.07) is 12.3. The van der Waals surface area contributed by atoms with E-state index in [1.54, 1.807) is 24.0 Å². The number of hydrogen-bond donors (Lipinski definition) is 1. The van der Waals surface area contributed by atoms with Gasteiger partial charge >= 0.3 is 12.1 Å². The zero-order valence-corrected chi connectivity index (χ0v) is 21.3. The lowest BCUT2D eigenvalue weighted by molar-refractivity contribution is -0.134. The molecule has 0 aliphatic carbocycles. The molecule has 9 nitrogen and oxygen atoms in total. The van der Waals surface area contributed by atoms with Gasteiger partial charge in [0.15, 0.2) is 0 Å². The third-order valence-corrected chi connectivity index (χ3v) is 6.36. The number of esters is 1. The van der Waals surface area contributed by atoms with Crippen LogP contribution in [0.4, 0.5) is 10.6 Å². The van der Waals surface area contributed by atoms with Crippen molar-refractivity contribution in [2.24, 2.45) is 5.92 Å². The van der Waals surface area contributed by atoms with E-state index in [-0.39, 0.29) is 18.4 Å². The number of hydrogen-bond acceptors (Lipinski definition) is 7. The number of rotatable bonds is 9. The fourth-order valence-electron chi connectivity index (χ4n) is 4.05. The van der Waals surface area contributed by atoms with Crippen LogP contribution in [0.15, 0.2) is 48.7 Å². The summed E-state index contributed by atoms with van der Waals surface area (Å²) in [5.41, 5.74) is 1.30. The van der Waals surface area contributed by atoms with Crippen LogP contribution in [0.2, 0.25) is 0 Å². The van der Waals surface area contributed by atoms with Crippen LogP contribution in [0.5, 0.6) is 0 Å². The summed E-state index contributed by atoms with van der Waals surface area (Å²) in [4.78, 5) is 46.2. The first-order valence-electron chi connectivity index (χ1n) is 12.6. The monoisotopic (exact) mass is 496 g/mol.